The minimum atomic E-state index is -1.27. The zero-order valence-corrected chi connectivity index (χ0v) is 19.2. The van der Waals surface area contributed by atoms with E-state index in [1.165, 1.54) is 36.9 Å². The molecular formula is C20H18Br2N2O7. The second-order valence-electron chi connectivity index (χ2n) is 6.01. The largest absolute Gasteiger partial charge is 0.506 e. The fourth-order valence-corrected chi connectivity index (χ4v) is 3.79. The van der Waals surface area contributed by atoms with Crippen molar-refractivity contribution in [2.24, 2.45) is 0 Å². The minimum Gasteiger partial charge on any atom is -0.506 e. The topological polar surface area (TPSA) is 134 Å². The van der Waals surface area contributed by atoms with Crippen LogP contribution in [0.4, 0.5) is 4.79 Å². The highest BCUT2D eigenvalue weighted by atomic mass is 79.9. The van der Waals surface area contributed by atoms with Crippen molar-refractivity contribution in [2.45, 2.75) is 12.2 Å². The number of alkyl carbamates (subject to hydrolysis) is 1. The van der Waals surface area contributed by atoms with Gasteiger partial charge in [-0.15, -0.1) is 0 Å². The Kier molecular flexibility index (Phi) is 9.19. The van der Waals surface area contributed by atoms with Gasteiger partial charge in [-0.25, -0.2) is 10.3 Å². The number of rotatable bonds is 7. The molecule has 0 aliphatic rings. The average Bonchev–Trinajstić information content (AvgIpc) is 2.76. The molecule has 2 aromatic rings. The molecule has 0 spiro atoms. The van der Waals surface area contributed by atoms with E-state index in [1.54, 1.807) is 24.3 Å². The molecule has 11 heteroatoms. The Bertz CT molecular complexity index is 983. The van der Waals surface area contributed by atoms with Gasteiger partial charge in [0, 0.05) is 28.8 Å². The maximum absolute atomic E-state index is 12.4. The first-order valence-corrected chi connectivity index (χ1v) is 10.3. The molecule has 0 bridgehead atoms. The smallest absolute Gasteiger partial charge is 0.414 e. The number of phenolic OH excluding ortho intramolecular Hbond substituents is 1. The molecule has 0 fully saturated rings. The first kappa shape index (κ1) is 24.5. The van der Waals surface area contributed by atoms with Gasteiger partial charge >= 0.3 is 6.09 Å². The maximum Gasteiger partial charge on any atom is 0.414 e. The molecule has 0 saturated heterocycles. The summed E-state index contributed by atoms with van der Waals surface area (Å²) < 4.78 is 11.6. The molecule has 0 saturated carbocycles. The van der Waals surface area contributed by atoms with Gasteiger partial charge in [0.05, 0.1) is 4.47 Å². The van der Waals surface area contributed by atoms with E-state index in [-0.39, 0.29) is 16.9 Å². The van der Waals surface area contributed by atoms with Crippen molar-refractivity contribution in [3.05, 3.63) is 74.7 Å². The first-order valence-electron chi connectivity index (χ1n) is 8.66. The number of halogens is 2. The normalized spacial score (nSPS) is 12.8. The molecular weight excluding hydrogens is 540 g/mol. The standard InChI is InChI=1S/C20H18Br2N2O7/c1-30-15(7-8-16(25)24-29)18(13-9-12(21)10-14(22)17(13)26)31-20(28)23-19(27)11-5-3-2-4-6-11/h2-10,15,18,26,29H,1H3,(H,24,25)(H,23,27,28)/b8-7+/t15-,18-/m1/s1. The third-order valence-corrected chi connectivity index (χ3v) is 5.03. The van der Waals surface area contributed by atoms with Crippen molar-refractivity contribution >= 4 is 49.8 Å². The van der Waals surface area contributed by atoms with Crippen LogP contribution in [0.3, 0.4) is 0 Å². The molecule has 0 aromatic heterocycles. The lowest BCUT2D eigenvalue weighted by Crippen LogP contribution is -2.35. The lowest BCUT2D eigenvalue weighted by Gasteiger charge is -2.25. The summed E-state index contributed by atoms with van der Waals surface area (Å²) in [6.45, 7) is 0. The monoisotopic (exact) mass is 556 g/mol. The fourth-order valence-electron chi connectivity index (χ4n) is 2.53. The predicted molar refractivity (Wildman–Crippen MR) is 117 cm³/mol. The molecule has 2 atom stereocenters. The Morgan fingerprint density at radius 3 is 2.42 bits per heavy atom. The van der Waals surface area contributed by atoms with Gasteiger partial charge in [0.25, 0.3) is 11.8 Å². The summed E-state index contributed by atoms with van der Waals surface area (Å²) in [5.74, 6) is -1.77. The summed E-state index contributed by atoms with van der Waals surface area (Å²) in [4.78, 5) is 36.0. The van der Waals surface area contributed by atoms with Crippen molar-refractivity contribution in [1.82, 2.24) is 10.8 Å². The van der Waals surface area contributed by atoms with E-state index in [0.29, 0.717) is 8.95 Å². The minimum absolute atomic E-state index is 0.129. The van der Waals surface area contributed by atoms with Gasteiger partial charge in [-0.05, 0) is 46.3 Å². The molecule has 164 valence electrons. The van der Waals surface area contributed by atoms with Gasteiger partial charge in [-0.2, -0.15) is 0 Å². The number of aromatic hydroxyl groups is 1. The van der Waals surface area contributed by atoms with Crippen LogP contribution in [-0.2, 0) is 14.3 Å². The van der Waals surface area contributed by atoms with E-state index in [4.69, 9.17) is 14.7 Å². The number of ether oxygens (including phenoxy) is 2. The number of carbonyl (C=O) groups excluding carboxylic acids is 3. The Balaban J connectivity index is 2.35. The van der Waals surface area contributed by atoms with Crippen molar-refractivity contribution in [1.29, 1.82) is 0 Å². The Morgan fingerprint density at radius 1 is 1.13 bits per heavy atom. The molecule has 3 amide bonds. The lowest BCUT2D eigenvalue weighted by molar-refractivity contribution is -0.124. The average molecular weight is 558 g/mol. The fraction of sp³-hybridized carbons (Fsp3) is 0.150. The van der Waals surface area contributed by atoms with Gasteiger partial charge in [0.1, 0.15) is 11.9 Å². The van der Waals surface area contributed by atoms with E-state index in [9.17, 15) is 19.5 Å². The van der Waals surface area contributed by atoms with Crippen LogP contribution in [0.5, 0.6) is 5.75 Å². The zero-order chi connectivity index (χ0) is 23.0. The quantitative estimate of drug-likeness (QED) is 0.232. The van der Waals surface area contributed by atoms with Crippen molar-refractivity contribution < 1.29 is 34.2 Å². The number of nitrogens with one attached hydrogen (secondary N) is 2. The molecule has 0 radical (unpaired) electrons. The van der Waals surface area contributed by atoms with Crippen LogP contribution in [-0.4, -0.2) is 41.4 Å². The summed E-state index contributed by atoms with van der Waals surface area (Å²) in [7, 11) is 1.29. The SMILES string of the molecule is CO[C@H](/C=C/C(=O)NO)[C@H](OC(=O)NC(=O)c1ccccc1)c1cc(Br)cc(Br)c1O. The predicted octanol–water partition coefficient (Wildman–Crippen LogP) is 3.60. The van der Waals surface area contributed by atoms with Crippen LogP contribution >= 0.6 is 31.9 Å². The van der Waals surface area contributed by atoms with Crippen LogP contribution in [0.15, 0.2) is 63.6 Å². The van der Waals surface area contributed by atoms with Crippen LogP contribution in [0, 0.1) is 0 Å². The number of methoxy groups -OCH3 is 1. The molecule has 0 heterocycles. The molecule has 0 unspecified atom stereocenters. The molecule has 31 heavy (non-hydrogen) atoms. The van der Waals surface area contributed by atoms with Crippen LogP contribution < -0.4 is 10.8 Å². The number of phenols is 1. The molecule has 0 aliphatic heterocycles. The number of hydrogen-bond donors (Lipinski definition) is 4. The lowest BCUT2D eigenvalue weighted by atomic mass is 10.0. The zero-order valence-electron chi connectivity index (χ0n) is 16.0. The summed E-state index contributed by atoms with van der Waals surface area (Å²) >= 11 is 6.49. The highest BCUT2D eigenvalue weighted by Crippen LogP contribution is 2.38. The van der Waals surface area contributed by atoms with E-state index < -0.39 is 30.1 Å². The summed E-state index contributed by atoms with van der Waals surface area (Å²) in [6.07, 6.45) is -1.26. The van der Waals surface area contributed by atoms with Gasteiger partial charge in [-0.1, -0.05) is 34.1 Å². The van der Waals surface area contributed by atoms with E-state index in [0.717, 1.165) is 6.08 Å². The number of carbonyl (C=O) groups is 3. The van der Waals surface area contributed by atoms with Crippen molar-refractivity contribution in [3.63, 3.8) is 0 Å². The Morgan fingerprint density at radius 2 is 1.81 bits per heavy atom. The van der Waals surface area contributed by atoms with Gasteiger partial charge < -0.3 is 14.6 Å². The van der Waals surface area contributed by atoms with Crippen LogP contribution in [0.1, 0.15) is 22.0 Å². The molecule has 9 nitrogen and oxygen atoms in total. The Hall–Kier alpha value is -2.73. The third-order valence-electron chi connectivity index (χ3n) is 3.97. The molecule has 2 aromatic carbocycles. The van der Waals surface area contributed by atoms with E-state index in [1.807, 2.05) is 0 Å². The molecule has 4 N–H and O–H groups in total. The molecule has 0 aliphatic carbocycles. The number of hydroxylamine groups is 1. The van der Waals surface area contributed by atoms with Crippen LogP contribution in [0.25, 0.3) is 0 Å². The number of imide groups is 1. The van der Waals surface area contributed by atoms with Crippen molar-refractivity contribution in [3.8, 4) is 5.75 Å². The summed E-state index contributed by atoms with van der Waals surface area (Å²) in [5.41, 5.74) is 1.80. The second kappa shape index (κ2) is 11.6. The number of benzene rings is 2. The van der Waals surface area contributed by atoms with Crippen molar-refractivity contribution in [2.75, 3.05) is 7.11 Å². The Labute approximate surface area is 194 Å². The van der Waals surface area contributed by atoms with E-state index >= 15 is 0 Å². The van der Waals surface area contributed by atoms with Gasteiger partial charge in [0.2, 0.25) is 0 Å². The van der Waals surface area contributed by atoms with Gasteiger partial charge in [-0.3, -0.25) is 20.1 Å². The van der Waals surface area contributed by atoms with E-state index in [2.05, 4.69) is 37.2 Å². The maximum atomic E-state index is 12.4. The van der Waals surface area contributed by atoms with Crippen LogP contribution in [0.2, 0.25) is 0 Å². The highest BCUT2D eigenvalue weighted by Gasteiger charge is 2.30. The highest BCUT2D eigenvalue weighted by molar-refractivity contribution is 9.11. The number of amides is 3. The molecule has 2 rings (SSSR count). The summed E-state index contributed by atoms with van der Waals surface area (Å²) in [6, 6.07) is 11.1. The number of hydrogen-bond acceptors (Lipinski definition) is 7. The second-order valence-corrected chi connectivity index (χ2v) is 7.78. The van der Waals surface area contributed by atoms with Gasteiger partial charge in [0.15, 0.2) is 6.10 Å². The third kappa shape index (κ3) is 6.89. The first-order chi connectivity index (χ1) is 14.8. The summed E-state index contributed by atoms with van der Waals surface area (Å²) in [5, 5.41) is 21.3.